The molecular weight excluding hydrogens is 390 g/mol. The van der Waals surface area contributed by atoms with Crippen LogP contribution in [0.3, 0.4) is 0 Å². The zero-order chi connectivity index (χ0) is 20.0. The van der Waals surface area contributed by atoms with Gasteiger partial charge < -0.3 is 5.11 Å². The van der Waals surface area contributed by atoms with Gasteiger partial charge in [-0.15, -0.1) is 23.2 Å². The quantitative estimate of drug-likeness (QED) is 0.655. The predicted octanol–water partition coefficient (Wildman–Crippen LogP) is 4.14. The Morgan fingerprint density at radius 3 is 2.63 bits per heavy atom. The van der Waals surface area contributed by atoms with E-state index in [-0.39, 0.29) is 29.8 Å². The van der Waals surface area contributed by atoms with Gasteiger partial charge >= 0.3 is 0 Å². The van der Waals surface area contributed by atoms with Crippen LogP contribution in [-0.2, 0) is 9.59 Å². The van der Waals surface area contributed by atoms with Crippen LogP contribution in [0.4, 0.5) is 4.39 Å². The van der Waals surface area contributed by atoms with Crippen molar-refractivity contribution in [3.8, 4) is 0 Å². The number of ketones is 2. The average Bonchev–Trinajstić information content (AvgIpc) is 2.85. The summed E-state index contributed by atoms with van der Waals surface area (Å²) in [6.07, 6.45) is 4.71. The van der Waals surface area contributed by atoms with Gasteiger partial charge in [-0.1, -0.05) is 19.9 Å². The monoisotopic (exact) mass is 414 g/mol. The van der Waals surface area contributed by atoms with Gasteiger partial charge in [-0.25, -0.2) is 4.39 Å². The maximum Gasteiger partial charge on any atom is 0.178 e. The Hall–Kier alpha value is -0.710. The van der Waals surface area contributed by atoms with Crippen molar-refractivity contribution in [2.45, 2.75) is 68.5 Å². The molecule has 4 aliphatic carbocycles. The maximum atomic E-state index is 15.3. The number of carbonyl (C=O) groups excluding carboxylic acids is 2. The molecule has 0 bridgehead atoms. The highest BCUT2D eigenvalue weighted by molar-refractivity contribution is 6.34. The molecule has 3 nitrogen and oxygen atoms in total. The van der Waals surface area contributed by atoms with Crippen LogP contribution in [0.25, 0.3) is 0 Å². The third kappa shape index (κ3) is 2.13. The molecule has 1 N–H and O–H groups in total. The molecule has 0 aromatic rings. The van der Waals surface area contributed by atoms with E-state index in [2.05, 4.69) is 0 Å². The number of halogens is 3. The van der Waals surface area contributed by atoms with E-state index >= 15 is 4.39 Å². The average molecular weight is 415 g/mol. The van der Waals surface area contributed by atoms with Crippen LogP contribution in [-0.4, -0.2) is 38.7 Å². The standard InChI is InChI=1S/C21H25Cl2FO3/c1-11(25)20(27)7-5-13-14-9-16(24)15-8-12(26)4-6-18(15,2)21(14,23)17(22)10-19(13,20)3/h4,6,8,13-14,16-17,27H,5,7,9-10H2,1-3H3/t13-,14-,16-,17-,18-,19-,20-,21-/m0/s1. The van der Waals surface area contributed by atoms with Gasteiger partial charge in [-0.05, 0) is 62.2 Å². The van der Waals surface area contributed by atoms with Crippen LogP contribution in [0.1, 0.15) is 46.5 Å². The van der Waals surface area contributed by atoms with Crippen LogP contribution >= 0.6 is 23.2 Å². The lowest BCUT2D eigenvalue weighted by Gasteiger charge is -2.64. The lowest BCUT2D eigenvalue weighted by atomic mass is 9.46. The number of hydrogen-bond donors (Lipinski definition) is 1. The molecule has 0 aliphatic heterocycles. The largest absolute Gasteiger partial charge is 0.382 e. The van der Waals surface area contributed by atoms with Crippen LogP contribution in [0.5, 0.6) is 0 Å². The smallest absolute Gasteiger partial charge is 0.178 e. The second-order valence-electron chi connectivity index (χ2n) is 9.27. The lowest BCUT2D eigenvalue weighted by Crippen LogP contribution is -2.68. The van der Waals surface area contributed by atoms with Gasteiger partial charge in [0.1, 0.15) is 11.8 Å². The Kier molecular flexibility index (Phi) is 4.12. The van der Waals surface area contributed by atoms with Crippen molar-refractivity contribution in [1.82, 2.24) is 0 Å². The minimum Gasteiger partial charge on any atom is -0.382 e. The predicted molar refractivity (Wildman–Crippen MR) is 103 cm³/mol. The fourth-order valence-corrected chi connectivity index (χ4v) is 7.92. The molecule has 148 valence electrons. The molecule has 4 aliphatic rings. The lowest BCUT2D eigenvalue weighted by molar-refractivity contribution is -0.157. The number of aliphatic hydroxyl groups is 1. The van der Waals surface area contributed by atoms with Crippen molar-refractivity contribution in [3.63, 3.8) is 0 Å². The van der Waals surface area contributed by atoms with Gasteiger partial charge in [-0.2, -0.15) is 0 Å². The van der Waals surface area contributed by atoms with Crippen LogP contribution in [0.2, 0.25) is 0 Å². The van der Waals surface area contributed by atoms with Crippen LogP contribution in [0.15, 0.2) is 23.8 Å². The van der Waals surface area contributed by atoms with Gasteiger partial charge in [0.25, 0.3) is 0 Å². The van der Waals surface area contributed by atoms with E-state index in [1.54, 1.807) is 6.08 Å². The highest BCUT2D eigenvalue weighted by Crippen LogP contribution is 2.71. The summed E-state index contributed by atoms with van der Waals surface area (Å²) in [5.41, 5.74) is -2.67. The van der Waals surface area contributed by atoms with E-state index in [0.717, 1.165) is 0 Å². The van der Waals surface area contributed by atoms with E-state index in [0.29, 0.717) is 24.8 Å². The molecule has 0 aromatic heterocycles. The Morgan fingerprint density at radius 2 is 2.00 bits per heavy atom. The first kappa shape index (κ1) is 19.6. The molecule has 0 spiro atoms. The molecule has 0 unspecified atom stereocenters. The van der Waals surface area contributed by atoms with E-state index in [9.17, 15) is 14.7 Å². The number of rotatable bonds is 1. The highest BCUT2D eigenvalue weighted by atomic mass is 35.5. The topological polar surface area (TPSA) is 54.4 Å². The molecular formula is C21H25Cl2FO3. The van der Waals surface area contributed by atoms with Gasteiger partial charge in [0.15, 0.2) is 11.6 Å². The van der Waals surface area contributed by atoms with Crippen molar-refractivity contribution in [1.29, 1.82) is 0 Å². The van der Waals surface area contributed by atoms with Crippen molar-refractivity contribution in [3.05, 3.63) is 23.8 Å². The van der Waals surface area contributed by atoms with E-state index in [4.69, 9.17) is 23.2 Å². The number of alkyl halides is 3. The number of fused-ring (bicyclic) bond motifs is 5. The van der Waals surface area contributed by atoms with Gasteiger partial charge in [0.2, 0.25) is 0 Å². The summed E-state index contributed by atoms with van der Waals surface area (Å²) in [5.74, 6) is -0.909. The Labute approximate surface area is 169 Å². The van der Waals surface area contributed by atoms with Crippen molar-refractivity contribution in [2.24, 2.45) is 22.7 Å². The summed E-state index contributed by atoms with van der Waals surface area (Å²) in [7, 11) is 0. The third-order valence-corrected chi connectivity index (χ3v) is 9.87. The van der Waals surface area contributed by atoms with Crippen molar-refractivity contribution < 1.29 is 19.1 Å². The minimum atomic E-state index is -1.45. The highest BCUT2D eigenvalue weighted by Gasteiger charge is 2.73. The van der Waals surface area contributed by atoms with E-state index in [1.165, 1.54) is 19.1 Å². The summed E-state index contributed by atoms with van der Waals surface area (Å²) < 4.78 is 15.3. The Balaban J connectivity index is 1.86. The number of hydrogen-bond acceptors (Lipinski definition) is 3. The number of allylic oxidation sites excluding steroid dienone is 4. The molecule has 0 amide bonds. The molecule has 6 heteroatoms. The third-order valence-electron chi connectivity index (χ3n) is 8.32. The first-order chi connectivity index (χ1) is 12.4. The second kappa shape index (κ2) is 5.67. The fourth-order valence-electron chi connectivity index (χ4n) is 6.72. The molecule has 3 fully saturated rings. The zero-order valence-corrected chi connectivity index (χ0v) is 17.3. The summed E-state index contributed by atoms with van der Waals surface area (Å²) in [4.78, 5) is 23.2. The summed E-state index contributed by atoms with van der Waals surface area (Å²) in [5, 5.41) is 10.6. The first-order valence-electron chi connectivity index (χ1n) is 9.57. The van der Waals surface area contributed by atoms with Gasteiger partial charge in [0, 0.05) is 10.8 Å². The summed E-state index contributed by atoms with van der Waals surface area (Å²) in [6.45, 7) is 5.17. The number of Topliss-reactive ketones (excluding diaryl/α,β-unsaturated/α-hetero) is 1. The fraction of sp³-hybridized carbons (Fsp3) is 0.714. The molecule has 27 heavy (non-hydrogen) atoms. The molecule has 4 rings (SSSR count). The molecule has 8 atom stereocenters. The summed E-state index contributed by atoms with van der Waals surface area (Å²) in [6, 6.07) is 0. The van der Waals surface area contributed by atoms with E-state index < -0.39 is 32.9 Å². The number of carbonyl (C=O) groups is 2. The Morgan fingerprint density at radius 1 is 1.33 bits per heavy atom. The SMILES string of the molecule is CC(=O)[C@@]1(O)CC[C@H]2[C@@H]3C[C@H](F)C4=CC(=O)C=C[C@]4(C)[C@@]3(Cl)[C@@H](Cl)C[C@@]21C. The Bertz CT molecular complexity index is 794. The van der Waals surface area contributed by atoms with Gasteiger partial charge in [-0.3, -0.25) is 9.59 Å². The van der Waals surface area contributed by atoms with Gasteiger partial charge in [0.05, 0.1) is 10.3 Å². The van der Waals surface area contributed by atoms with Crippen molar-refractivity contribution in [2.75, 3.05) is 0 Å². The zero-order valence-electron chi connectivity index (χ0n) is 15.8. The first-order valence-corrected chi connectivity index (χ1v) is 10.4. The molecule has 0 aromatic carbocycles. The molecule has 0 heterocycles. The molecule has 0 saturated heterocycles. The van der Waals surface area contributed by atoms with Crippen LogP contribution < -0.4 is 0 Å². The molecule has 3 saturated carbocycles. The second-order valence-corrected chi connectivity index (χ2v) is 10.4. The van der Waals surface area contributed by atoms with Crippen molar-refractivity contribution >= 4 is 34.8 Å². The normalized spacial score (nSPS) is 54.0. The van der Waals surface area contributed by atoms with E-state index in [1.807, 2.05) is 13.8 Å². The maximum absolute atomic E-state index is 15.3. The minimum absolute atomic E-state index is 0.110. The summed E-state index contributed by atoms with van der Waals surface area (Å²) >= 11 is 14.2. The van der Waals surface area contributed by atoms with Crippen LogP contribution in [0, 0.1) is 22.7 Å². The molecule has 0 radical (unpaired) electrons.